The SMILES string of the molecule is CN1CCC(C(C(O)CN)N(C)C)CC1. The van der Waals surface area contributed by atoms with Crippen molar-refractivity contribution in [2.45, 2.75) is 25.0 Å². The summed E-state index contributed by atoms with van der Waals surface area (Å²) >= 11 is 0. The zero-order chi connectivity index (χ0) is 11.4. The fourth-order valence-electron chi connectivity index (χ4n) is 2.59. The van der Waals surface area contributed by atoms with E-state index < -0.39 is 6.10 Å². The van der Waals surface area contributed by atoms with Gasteiger partial charge in [-0.05, 0) is 53.0 Å². The minimum atomic E-state index is -0.395. The Balaban J connectivity index is 2.56. The smallest absolute Gasteiger partial charge is 0.0819 e. The highest BCUT2D eigenvalue weighted by Crippen LogP contribution is 2.24. The maximum absolute atomic E-state index is 9.93. The molecule has 2 unspecified atom stereocenters. The van der Waals surface area contributed by atoms with Crippen molar-refractivity contribution in [1.29, 1.82) is 0 Å². The summed E-state index contributed by atoms with van der Waals surface area (Å²) in [5.41, 5.74) is 5.56. The van der Waals surface area contributed by atoms with Crippen molar-refractivity contribution in [2.75, 3.05) is 40.8 Å². The molecule has 0 spiro atoms. The summed E-state index contributed by atoms with van der Waals surface area (Å²) in [5.74, 6) is 0.578. The van der Waals surface area contributed by atoms with Crippen molar-refractivity contribution in [1.82, 2.24) is 9.80 Å². The molecular formula is C11H25N3O. The second-order valence-corrected chi connectivity index (χ2v) is 4.90. The van der Waals surface area contributed by atoms with Crippen molar-refractivity contribution in [2.24, 2.45) is 11.7 Å². The van der Waals surface area contributed by atoms with Gasteiger partial charge in [-0.2, -0.15) is 0 Å². The zero-order valence-electron chi connectivity index (χ0n) is 10.2. The first-order valence-electron chi connectivity index (χ1n) is 5.79. The van der Waals surface area contributed by atoms with Gasteiger partial charge in [-0.1, -0.05) is 0 Å². The molecule has 0 aromatic heterocycles. The zero-order valence-corrected chi connectivity index (χ0v) is 10.2. The first-order valence-corrected chi connectivity index (χ1v) is 5.79. The summed E-state index contributed by atoms with van der Waals surface area (Å²) in [6.07, 6.45) is 1.93. The Kier molecular flexibility index (Phi) is 4.99. The number of nitrogens with two attached hydrogens (primary N) is 1. The van der Waals surface area contributed by atoms with E-state index in [0.717, 1.165) is 25.9 Å². The van der Waals surface area contributed by atoms with Crippen LogP contribution in [0, 0.1) is 5.92 Å². The molecule has 1 fully saturated rings. The van der Waals surface area contributed by atoms with Crippen LogP contribution in [-0.2, 0) is 0 Å². The number of aliphatic hydroxyl groups excluding tert-OH is 1. The summed E-state index contributed by atoms with van der Waals surface area (Å²) in [7, 11) is 6.21. The Bertz CT molecular complexity index is 179. The van der Waals surface area contributed by atoms with Gasteiger partial charge in [0, 0.05) is 12.6 Å². The van der Waals surface area contributed by atoms with Crippen LogP contribution in [0.15, 0.2) is 0 Å². The monoisotopic (exact) mass is 215 g/mol. The van der Waals surface area contributed by atoms with Gasteiger partial charge in [-0.15, -0.1) is 0 Å². The highest BCUT2D eigenvalue weighted by Gasteiger charge is 2.31. The summed E-state index contributed by atoms with van der Waals surface area (Å²) in [6.45, 7) is 2.62. The van der Waals surface area contributed by atoms with Crippen molar-refractivity contribution in [3.63, 3.8) is 0 Å². The lowest BCUT2D eigenvalue weighted by Gasteiger charge is -2.39. The van der Waals surface area contributed by atoms with Crippen LogP contribution in [0.3, 0.4) is 0 Å². The third kappa shape index (κ3) is 3.41. The van der Waals surface area contributed by atoms with Gasteiger partial charge in [0.25, 0.3) is 0 Å². The summed E-state index contributed by atoms with van der Waals surface area (Å²) < 4.78 is 0. The Hall–Kier alpha value is -0.160. The number of piperidine rings is 1. The molecule has 4 nitrogen and oxygen atoms in total. The largest absolute Gasteiger partial charge is 0.390 e. The molecule has 0 radical (unpaired) electrons. The molecule has 1 saturated heterocycles. The number of hydrogen-bond acceptors (Lipinski definition) is 4. The number of likely N-dealkylation sites (N-methyl/N-ethyl adjacent to an activating group) is 1. The molecule has 2 atom stereocenters. The van der Waals surface area contributed by atoms with Gasteiger partial charge in [0.15, 0.2) is 0 Å². The number of aliphatic hydroxyl groups is 1. The summed E-state index contributed by atoms with van der Waals surface area (Å²) in [5, 5.41) is 9.93. The molecule has 0 bridgehead atoms. The molecule has 0 aromatic rings. The number of hydrogen-bond donors (Lipinski definition) is 2. The van der Waals surface area contributed by atoms with Crippen LogP contribution in [0.4, 0.5) is 0 Å². The Morgan fingerprint density at radius 2 is 1.93 bits per heavy atom. The molecule has 1 heterocycles. The van der Waals surface area contributed by atoms with Gasteiger partial charge in [0.2, 0.25) is 0 Å². The minimum Gasteiger partial charge on any atom is -0.390 e. The highest BCUT2D eigenvalue weighted by molar-refractivity contribution is 4.86. The van der Waals surface area contributed by atoms with Crippen molar-refractivity contribution < 1.29 is 5.11 Å². The maximum atomic E-state index is 9.93. The van der Waals surface area contributed by atoms with Crippen LogP contribution in [0.25, 0.3) is 0 Å². The quantitative estimate of drug-likeness (QED) is 0.669. The van der Waals surface area contributed by atoms with E-state index >= 15 is 0 Å². The molecule has 0 aliphatic carbocycles. The van der Waals surface area contributed by atoms with Gasteiger partial charge in [-0.25, -0.2) is 0 Å². The summed E-state index contributed by atoms with van der Waals surface area (Å²) in [6, 6.07) is 0.212. The van der Waals surface area contributed by atoms with E-state index in [1.54, 1.807) is 0 Å². The number of nitrogens with zero attached hydrogens (tertiary/aromatic N) is 2. The van der Waals surface area contributed by atoms with Crippen LogP contribution in [-0.4, -0.2) is 67.8 Å². The van der Waals surface area contributed by atoms with Crippen LogP contribution in [0.1, 0.15) is 12.8 Å². The van der Waals surface area contributed by atoms with Crippen LogP contribution >= 0.6 is 0 Å². The van der Waals surface area contributed by atoms with Crippen molar-refractivity contribution >= 4 is 0 Å². The molecule has 0 aromatic carbocycles. The predicted molar refractivity (Wildman–Crippen MR) is 62.8 cm³/mol. The minimum absolute atomic E-state index is 0.212. The average molecular weight is 215 g/mol. The lowest BCUT2D eigenvalue weighted by Crippen LogP contribution is -2.50. The van der Waals surface area contributed by atoms with E-state index in [4.69, 9.17) is 5.73 Å². The van der Waals surface area contributed by atoms with E-state index in [1.165, 1.54) is 0 Å². The van der Waals surface area contributed by atoms with E-state index in [1.807, 2.05) is 14.1 Å². The Morgan fingerprint density at radius 3 is 2.33 bits per heavy atom. The second kappa shape index (κ2) is 5.80. The van der Waals surface area contributed by atoms with Crippen LogP contribution in [0.2, 0.25) is 0 Å². The van der Waals surface area contributed by atoms with Crippen molar-refractivity contribution in [3.05, 3.63) is 0 Å². The molecule has 3 N–H and O–H groups in total. The second-order valence-electron chi connectivity index (χ2n) is 4.90. The lowest BCUT2D eigenvalue weighted by atomic mass is 9.86. The van der Waals surface area contributed by atoms with Gasteiger partial charge in [0.1, 0.15) is 0 Å². The molecule has 15 heavy (non-hydrogen) atoms. The van der Waals surface area contributed by atoms with Crippen LogP contribution < -0.4 is 5.73 Å². The van der Waals surface area contributed by atoms with Gasteiger partial charge in [0.05, 0.1) is 6.10 Å². The molecule has 1 aliphatic rings. The number of rotatable bonds is 4. The Labute approximate surface area is 93.0 Å². The predicted octanol–water partition coefficient (Wildman–Crippen LogP) is -0.422. The first-order chi connectivity index (χ1) is 7.06. The first kappa shape index (κ1) is 12.9. The maximum Gasteiger partial charge on any atom is 0.0819 e. The van der Waals surface area contributed by atoms with Crippen molar-refractivity contribution in [3.8, 4) is 0 Å². The van der Waals surface area contributed by atoms with Crippen LogP contribution in [0.5, 0.6) is 0 Å². The standard InChI is InChI=1S/C11H25N3O/c1-13(2)11(10(15)8-12)9-4-6-14(3)7-5-9/h9-11,15H,4-8,12H2,1-3H3. The Morgan fingerprint density at radius 1 is 1.40 bits per heavy atom. The van der Waals surface area contributed by atoms with Gasteiger partial charge >= 0.3 is 0 Å². The molecular weight excluding hydrogens is 190 g/mol. The highest BCUT2D eigenvalue weighted by atomic mass is 16.3. The molecule has 90 valence electrons. The summed E-state index contributed by atoms with van der Waals surface area (Å²) in [4.78, 5) is 4.46. The van der Waals surface area contributed by atoms with E-state index in [2.05, 4.69) is 16.8 Å². The topological polar surface area (TPSA) is 52.7 Å². The molecule has 0 saturated carbocycles. The fraction of sp³-hybridized carbons (Fsp3) is 1.00. The van der Waals surface area contributed by atoms with E-state index in [-0.39, 0.29) is 6.04 Å². The van der Waals surface area contributed by atoms with Gasteiger partial charge in [-0.3, -0.25) is 0 Å². The van der Waals surface area contributed by atoms with E-state index in [0.29, 0.717) is 12.5 Å². The van der Waals surface area contributed by atoms with Gasteiger partial charge < -0.3 is 20.6 Å². The third-order valence-corrected chi connectivity index (χ3v) is 3.48. The average Bonchev–Trinajstić information content (AvgIpc) is 2.20. The number of likely N-dealkylation sites (tertiary alicyclic amines) is 1. The molecule has 0 amide bonds. The third-order valence-electron chi connectivity index (χ3n) is 3.48. The molecule has 4 heteroatoms. The molecule has 1 rings (SSSR count). The fourth-order valence-corrected chi connectivity index (χ4v) is 2.59. The molecule has 1 aliphatic heterocycles. The normalized spacial score (nSPS) is 24.4. The lowest BCUT2D eigenvalue weighted by molar-refractivity contribution is 0.0262. The van der Waals surface area contributed by atoms with E-state index in [9.17, 15) is 5.11 Å².